The number of carboxylic acids is 1. The van der Waals surface area contributed by atoms with Crippen molar-refractivity contribution in [2.75, 3.05) is 17.2 Å². The molecule has 6 nitrogen and oxygen atoms in total. The standard InChI is InChI=1S/C22H32N2O4/c1-2-28-22(27)18-14-20(24-16-11-7-4-8-12-16)19(13-17(18)21(25)26)23-15-9-5-3-6-10-15/h13-16,23-24H,2-12H2,1H3,(H,25,26). The maximum atomic E-state index is 12.4. The van der Waals surface area contributed by atoms with E-state index in [0.717, 1.165) is 37.1 Å². The van der Waals surface area contributed by atoms with E-state index in [9.17, 15) is 14.7 Å². The summed E-state index contributed by atoms with van der Waals surface area (Å²) in [6, 6.07) is 3.97. The van der Waals surface area contributed by atoms with Gasteiger partial charge in [0.15, 0.2) is 0 Å². The molecule has 0 saturated heterocycles. The van der Waals surface area contributed by atoms with Crippen molar-refractivity contribution in [1.29, 1.82) is 0 Å². The summed E-state index contributed by atoms with van der Waals surface area (Å²) in [5.41, 5.74) is 1.70. The average Bonchev–Trinajstić information content (AvgIpc) is 2.70. The highest BCUT2D eigenvalue weighted by Gasteiger charge is 2.24. The Kier molecular flexibility index (Phi) is 7.18. The molecule has 2 fully saturated rings. The molecule has 1 aromatic rings. The molecule has 154 valence electrons. The Labute approximate surface area is 167 Å². The van der Waals surface area contributed by atoms with E-state index in [2.05, 4.69) is 10.6 Å². The summed E-state index contributed by atoms with van der Waals surface area (Å²) in [6.45, 7) is 1.93. The molecule has 28 heavy (non-hydrogen) atoms. The summed E-state index contributed by atoms with van der Waals surface area (Å²) >= 11 is 0. The monoisotopic (exact) mass is 388 g/mol. The molecule has 1 aromatic carbocycles. The van der Waals surface area contributed by atoms with E-state index in [4.69, 9.17) is 4.74 Å². The Hall–Kier alpha value is -2.24. The number of ether oxygens (including phenoxy) is 1. The molecule has 3 N–H and O–H groups in total. The molecule has 0 spiro atoms. The summed E-state index contributed by atoms with van der Waals surface area (Å²) in [5.74, 6) is -1.70. The first-order valence-corrected chi connectivity index (χ1v) is 10.7. The molecule has 2 saturated carbocycles. The van der Waals surface area contributed by atoms with Gasteiger partial charge in [0.05, 0.1) is 29.1 Å². The van der Waals surface area contributed by atoms with Crippen molar-refractivity contribution in [2.24, 2.45) is 0 Å². The zero-order chi connectivity index (χ0) is 19.9. The van der Waals surface area contributed by atoms with Gasteiger partial charge in [0.25, 0.3) is 0 Å². The minimum absolute atomic E-state index is 0.00838. The SMILES string of the molecule is CCOC(=O)c1cc(NC2CCCCC2)c(NC2CCCCC2)cc1C(=O)O. The van der Waals surface area contributed by atoms with Crippen LogP contribution in [0.2, 0.25) is 0 Å². The van der Waals surface area contributed by atoms with Crippen LogP contribution in [0.5, 0.6) is 0 Å². The maximum Gasteiger partial charge on any atom is 0.339 e. The fourth-order valence-electron chi connectivity index (χ4n) is 4.33. The molecular weight excluding hydrogens is 356 g/mol. The number of nitrogens with one attached hydrogen (secondary N) is 2. The summed E-state index contributed by atoms with van der Waals surface area (Å²) in [7, 11) is 0. The molecule has 3 rings (SSSR count). The van der Waals surface area contributed by atoms with Crippen LogP contribution in [0.15, 0.2) is 12.1 Å². The number of rotatable bonds is 7. The van der Waals surface area contributed by atoms with Crippen LogP contribution in [0.4, 0.5) is 11.4 Å². The molecule has 2 aliphatic carbocycles. The smallest absolute Gasteiger partial charge is 0.339 e. The molecule has 0 aliphatic heterocycles. The van der Waals surface area contributed by atoms with Crippen molar-refractivity contribution in [3.63, 3.8) is 0 Å². The van der Waals surface area contributed by atoms with Crippen LogP contribution < -0.4 is 10.6 Å². The number of carbonyl (C=O) groups is 2. The van der Waals surface area contributed by atoms with Crippen LogP contribution in [-0.4, -0.2) is 35.7 Å². The Balaban J connectivity index is 1.94. The Morgan fingerprint density at radius 1 is 0.893 bits per heavy atom. The van der Waals surface area contributed by atoms with Gasteiger partial charge < -0.3 is 20.5 Å². The third kappa shape index (κ3) is 5.18. The molecule has 0 radical (unpaired) electrons. The van der Waals surface area contributed by atoms with Gasteiger partial charge in [0.2, 0.25) is 0 Å². The fraction of sp³-hybridized carbons (Fsp3) is 0.636. The van der Waals surface area contributed by atoms with E-state index >= 15 is 0 Å². The van der Waals surface area contributed by atoms with Crippen LogP contribution in [0.1, 0.15) is 91.8 Å². The highest BCUT2D eigenvalue weighted by atomic mass is 16.5. The van der Waals surface area contributed by atoms with Crippen molar-refractivity contribution in [2.45, 2.75) is 83.2 Å². The zero-order valence-electron chi connectivity index (χ0n) is 16.8. The molecule has 0 atom stereocenters. The van der Waals surface area contributed by atoms with E-state index in [1.807, 2.05) is 0 Å². The van der Waals surface area contributed by atoms with Crippen LogP contribution in [-0.2, 0) is 4.74 Å². The number of anilines is 2. The second-order valence-corrected chi connectivity index (χ2v) is 7.93. The lowest BCUT2D eigenvalue weighted by Crippen LogP contribution is -2.26. The van der Waals surface area contributed by atoms with Gasteiger partial charge >= 0.3 is 11.9 Å². The van der Waals surface area contributed by atoms with E-state index in [0.29, 0.717) is 12.1 Å². The van der Waals surface area contributed by atoms with Crippen LogP contribution in [0, 0.1) is 0 Å². The van der Waals surface area contributed by atoms with Crippen molar-refractivity contribution < 1.29 is 19.4 Å². The number of aromatic carboxylic acids is 1. The number of carboxylic acid groups (broad SMARTS) is 1. The van der Waals surface area contributed by atoms with Gasteiger partial charge in [0, 0.05) is 12.1 Å². The molecule has 0 unspecified atom stereocenters. The normalized spacial score (nSPS) is 18.5. The predicted molar refractivity (Wildman–Crippen MR) is 110 cm³/mol. The quantitative estimate of drug-likeness (QED) is 0.567. The van der Waals surface area contributed by atoms with Gasteiger partial charge in [-0.25, -0.2) is 9.59 Å². The molecule has 6 heteroatoms. The summed E-state index contributed by atoms with van der Waals surface area (Å²) in [6.07, 6.45) is 11.7. The summed E-state index contributed by atoms with van der Waals surface area (Å²) in [5, 5.41) is 16.8. The first-order chi connectivity index (χ1) is 13.6. The van der Waals surface area contributed by atoms with Crippen molar-refractivity contribution in [3.8, 4) is 0 Å². The van der Waals surface area contributed by atoms with Gasteiger partial charge in [-0.1, -0.05) is 38.5 Å². The van der Waals surface area contributed by atoms with E-state index in [1.165, 1.54) is 38.5 Å². The lowest BCUT2D eigenvalue weighted by molar-refractivity contribution is 0.0514. The topological polar surface area (TPSA) is 87.7 Å². The Morgan fingerprint density at radius 3 is 1.79 bits per heavy atom. The number of carbonyl (C=O) groups excluding carboxylic acids is 1. The Morgan fingerprint density at radius 2 is 1.36 bits per heavy atom. The van der Waals surface area contributed by atoms with E-state index in [-0.39, 0.29) is 17.7 Å². The highest BCUT2D eigenvalue weighted by Crippen LogP contribution is 2.33. The first-order valence-electron chi connectivity index (χ1n) is 10.7. The van der Waals surface area contributed by atoms with E-state index in [1.54, 1.807) is 19.1 Å². The minimum Gasteiger partial charge on any atom is -0.478 e. The molecule has 2 aliphatic rings. The van der Waals surface area contributed by atoms with Crippen LogP contribution >= 0.6 is 0 Å². The fourth-order valence-corrected chi connectivity index (χ4v) is 4.33. The van der Waals surface area contributed by atoms with Crippen molar-refractivity contribution in [1.82, 2.24) is 0 Å². The number of hydrogen-bond acceptors (Lipinski definition) is 5. The largest absolute Gasteiger partial charge is 0.478 e. The maximum absolute atomic E-state index is 12.4. The summed E-state index contributed by atoms with van der Waals surface area (Å²) < 4.78 is 5.10. The van der Waals surface area contributed by atoms with Crippen LogP contribution in [0.25, 0.3) is 0 Å². The molecule has 0 aromatic heterocycles. The average molecular weight is 389 g/mol. The minimum atomic E-state index is -1.11. The third-order valence-electron chi connectivity index (χ3n) is 5.81. The molecular formula is C22H32N2O4. The van der Waals surface area contributed by atoms with Gasteiger partial charge in [-0.2, -0.15) is 0 Å². The molecule has 0 heterocycles. The van der Waals surface area contributed by atoms with Gasteiger partial charge in [-0.3, -0.25) is 0 Å². The van der Waals surface area contributed by atoms with Gasteiger partial charge in [-0.05, 0) is 44.7 Å². The highest BCUT2D eigenvalue weighted by molar-refractivity contribution is 6.05. The number of esters is 1. The molecule has 0 bridgehead atoms. The number of hydrogen-bond donors (Lipinski definition) is 3. The Bertz CT molecular complexity index is 692. The lowest BCUT2D eigenvalue weighted by atomic mass is 9.93. The number of benzene rings is 1. The second kappa shape index (κ2) is 9.80. The van der Waals surface area contributed by atoms with Crippen molar-refractivity contribution >= 4 is 23.3 Å². The molecule has 0 amide bonds. The second-order valence-electron chi connectivity index (χ2n) is 7.93. The van der Waals surface area contributed by atoms with Gasteiger partial charge in [-0.15, -0.1) is 0 Å². The zero-order valence-corrected chi connectivity index (χ0v) is 16.8. The predicted octanol–water partition coefficient (Wildman–Crippen LogP) is 5.05. The lowest BCUT2D eigenvalue weighted by Gasteiger charge is -2.29. The van der Waals surface area contributed by atoms with E-state index < -0.39 is 11.9 Å². The third-order valence-corrected chi connectivity index (χ3v) is 5.81. The van der Waals surface area contributed by atoms with Gasteiger partial charge in [0.1, 0.15) is 0 Å². The summed E-state index contributed by atoms with van der Waals surface area (Å²) in [4.78, 5) is 24.2. The van der Waals surface area contributed by atoms with Crippen molar-refractivity contribution in [3.05, 3.63) is 23.3 Å². The van der Waals surface area contributed by atoms with Crippen LogP contribution in [0.3, 0.4) is 0 Å². The first kappa shape index (κ1) is 20.5.